The Kier molecular flexibility index (Phi) is 6.75. The second-order valence-electron chi connectivity index (χ2n) is 6.55. The van der Waals surface area contributed by atoms with Gasteiger partial charge < -0.3 is 11.1 Å². The van der Waals surface area contributed by atoms with Gasteiger partial charge in [0, 0.05) is 12.6 Å². The van der Waals surface area contributed by atoms with Gasteiger partial charge >= 0.3 is 0 Å². The summed E-state index contributed by atoms with van der Waals surface area (Å²) in [5.41, 5.74) is 6.69. The number of amides is 1. The molecule has 1 heterocycles. The van der Waals surface area contributed by atoms with Crippen LogP contribution in [0.3, 0.4) is 0 Å². The fraction of sp³-hybridized carbons (Fsp3) is 0.688. The lowest BCUT2D eigenvalue weighted by Gasteiger charge is -2.30. The van der Waals surface area contributed by atoms with E-state index in [9.17, 15) is 4.79 Å². The number of aryl methyl sites for hydroxylation is 1. The molecule has 0 aliphatic rings. The third-order valence-corrected chi connectivity index (χ3v) is 3.76. The average Bonchev–Trinajstić information content (AvgIpc) is 2.40. The molecule has 0 aliphatic heterocycles. The van der Waals surface area contributed by atoms with Crippen LogP contribution in [0.2, 0.25) is 0 Å². The molecular formula is C16H28N4O. The molecule has 0 bridgehead atoms. The van der Waals surface area contributed by atoms with E-state index in [1.807, 2.05) is 13.0 Å². The Labute approximate surface area is 127 Å². The van der Waals surface area contributed by atoms with Gasteiger partial charge in [0.05, 0.1) is 12.2 Å². The van der Waals surface area contributed by atoms with Crippen molar-refractivity contribution < 1.29 is 4.79 Å². The Morgan fingerprint density at radius 1 is 1.38 bits per heavy atom. The molecule has 1 rings (SSSR count). The first-order valence-corrected chi connectivity index (χ1v) is 7.58. The maximum Gasteiger partial charge on any atom is 0.220 e. The van der Waals surface area contributed by atoms with Gasteiger partial charge in [0.2, 0.25) is 5.91 Å². The van der Waals surface area contributed by atoms with Crippen molar-refractivity contribution in [2.24, 2.45) is 17.1 Å². The van der Waals surface area contributed by atoms with Crippen LogP contribution in [0.1, 0.15) is 51.6 Å². The summed E-state index contributed by atoms with van der Waals surface area (Å²) >= 11 is 0. The predicted molar refractivity (Wildman–Crippen MR) is 84.5 cm³/mol. The van der Waals surface area contributed by atoms with Gasteiger partial charge in [-0.3, -0.25) is 4.79 Å². The molecule has 0 saturated carbocycles. The molecular weight excluding hydrogens is 264 g/mol. The van der Waals surface area contributed by atoms with E-state index < -0.39 is 0 Å². The molecule has 1 aromatic rings. The Balaban J connectivity index is 2.39. The standard InChI is InChI=1S/C16H28N4O/c1-12-18-10-8-14(20-12)11-19-15(21)6-5-13(7-9-17)16(2,3)4/h8,10,13H,5-7,9,11,17H2,1-4H3,(H,19,21). The molecule has 5 nitrogen and oxygen atoms in total. The average molecular weight is 292 g/mol. The minimum atomic E-state index is 0.0672. The number of nitrogens with zero attached hydrogens (tertiary/aromatic N) is 2. The predicted octanol–water partition coefficient (Wildman–Crippen LogP) is 2.19. The second kappa shape index (κ2) is 8.08. The molecule has 0 fully saturated rings. The lowest BCUT2D eigenvalue weighted by atomic mass is 9.76. The summed E-state index contributed by atoms with van der Waals surface area (Å²) in [6.07, 6.45) is 4.07. The van der Waals surface area contributed by atoms with Crippen molar-refractivity contribution in [1.82, 2.24) is 15.3 Å². The molecule has 5 heteroatoms. The van der Waals surface area contributed by atoms with Crippen molar-refractivity contribution >= 4 is 5.91 Å². The Morgan fingerprint density at radius 3 is 2.67 bits per heavy atom. The number of nitrogens with two attached hydrogens (primary N) is 1. The van der Waals surface area contributed by atoms with E-state index >= 15 is 0 Å². The zero-order chi connectivity index (χ0) is 15.9. The third-order valence-electron chi connectivity index (χ3n) is 3.76. The van der Waals surface area contributed by atoms with Crippen molar-refractivity contribution in [3.8, 4) is 0 Å². The van der Waals surface area contributed by atoms with Gasteiger partial charge in [-0.25, -0.2) is 9.97 Å². The first-order chi connectivity index (χ1) is 9.82. The summed E-state index contributed by atoms with van der Waals surface area (Å²) in [6.45, 7) is 9.58. The maximum absolute atomic E-state index is 12.0. The topological polar surface area (TPSA) is 80.9 Å². The zero-order valence-corrected chi connectivity index (χ0v) is 13.6. The minimum Gasteiger partial charge on any atom is -0.350 e. The fourth-order valence-corrected chi connectivity index (χ4v) is 2.40. The van der Waals surface area contributed by atoms with E-state index in [4.69, 9.17) is 5.73 Å². The molecule has 21 heavy (non-hydrogen) atoms. The molecule has 1 atom stereocenters. The number of carbonyl (C=O) groups is 1. The highest BCUT2D eigenvalue weighted by atomic mass is 16.1. The smallest absolute Gasteiger partial charge is 0.220 e. The van der Waals surface area contributed by atoms with Crippen LogP contribution in [0, 0.1) is 18.3 Å². The van der Waals surface area contributed by atoms with Gasteiger partial charge in [-0.1, -0.05) is 20.8 Å². The third kappa shape index (κ3) is 6.67. The fourth-order valence-electron chi connectivity index (χ4n) is 2.40. The van der Waals surface area contributed by atoms with Crippen molar-refractivity contribution in [2.75, 3.05) is 6.54 Å². The van der Waals surface area contributed by atoms with Gasteiger partial charge in [-0.15, -0.1) is 0 Å². The second-order valence-corrected chi connectivity index (χ2v) is 6.55. The van der Waals surface area contributed by atoms with Crippen molar-refractivity contribution in [3.63, 3.8) is 0 Å². The summed E-state index contributed by atoms with van der Waals surface area (Å²) in [5.74, 6) is 1.25. The number of hydrogen-bond acceptors (Lipinski definition) is 4. The molecule has 0 spiro atoms. The minimum absolute atomic E-state index is 0.0672. The van der Waals surface area contributed by atoms with E-state index in [2.05, 4.69) is 36.1 Å². The number of rotatable bonds is 7. The summed E-state index contributed by atoms with van der Waals surface area (Å²) in [5, 5.41) is 2.91. The summed E-state index contributed by atoms with van der Waals surface area (Å²) in [4.78, 5) is 20.3. The summed E-state index contributed by atoms with van der Waals surface area (Å²) < 4.78 is 0. The van der Waals surface area contributed by atoms with Gasteiger partial charge in [-0.05, 0) is 43.7 Å². The Hall–Kier alpha value is -1.49. The van der Waals surface area contributed by atoms with Crippen LogP contribution < -0.4 is 11.1 Å². The van der Waals surface area contributed by atoms with Crippen LogP contribution in [-0.4, -0.2) is 22.4 Å². The Bertz CT molecular complexity index is 454. The van der Waals surface area contributed by atoms with E-state index in [-0.39, 0.29) is 11.3 Å². The van der Waals surface area contributed by atoms with Crippen molar-refractivity contribution in [3.05, 3.63) is 23.8 Å². The van der Waals surface area contributed by atoms with Gasteiger partial charge in [0.15, 0.2) is 0 Å². The monoisotopic (exact) mass is 292 g/mol. The highest BCUT2D eigenvalue weighted by Gasteiger charge is 2.24. The first kappa shape index (κ1) is 17.6. The van der Waals surface area contributed by atoms with Crippen LogP contribution >= 0.6 is 0 Å². The zero-order valence-electron chi connectivity index (χ0n) is 13.6. The van der Waals surface area contributed by atoms with E-state index in [1.165, 1.54) is 0 Å². The summed E-state index contributed by atoms with van der Waals surface area (Å²) in [7, 11) is 0. The van der Waals surface area contributed by atoms with Crippen molar-refractivity contribution in [2.45, 2.75) is 53.5 Å². The molecule has 3 N–H and O–H groups in total. The molecule has 1 unspecified atom stereocenters. The largest absolute Gasteiger partial charge is 0.350 e. The van der Waals surface area contributed by atoms with E-state index in [0.717, 1.165) is 24.4 Å². The van der Waals surface area contributed by atoms with Gasteiger partial charge in [-0.2, -0.15) is 0 Å². The number of aromatic nitrogens is 2. The highest BCUT2D eigenvalue weighted by Crippen LogP contribution is 2.31. The first-order valence-electron chi connectivity index (χ1n) is 7.58. The van der Waals surface area contributed by atoms with Gasteiger partial charge in [0.1, 0.15) is 5.82 Å². The number of hydrogen-bond donors (Lipinski definition) is 2. The number of nitrogens with one attached hydrogen (secondary N) is 1. The normalized spacial score (nSPS) is 13.0. The van der Waals surface area contributed by atoms with Gasteiger partial charge in [0.25, 0.3) is 0 Å². The lowest BCUT2D eigenvalue weighted by Crippen LogP contribution is -2.28. The molecule has 0 radical (unpaired) electrons. The molecule has 1 aromatic heterocycles. The van der Waals surface area contributed by atoms with Crippen LogP contribution in [0.4, 0.5) is 0 Å². The molecule has 1 amide bonds. The molecule has 0 saturated heterocycles. The lowest BCUT2D eigenvalue weighted by molar-refractivity contribution is -0.121. The van der Waals surface area contributed by atoms with Crippen LogP contribution in [0.15, 0.2) is 12.3 Å². The molecule has 0 aromatic carbocycles. The van der Waals surface area contributed by atoms with Crippen LogP contribution in [0.25, 0.3) is 0 Å². The molecule has 118 valence electrons. The Morgan fingerprint density at radius 2 is 2.10 bits per heavy atom. The highest BCUT2D eigenvalue weighted by molar-refractivity contribution is 5.75. The van der Waals surface area contributed by atoms with Crippen LogP contribution in [-0.2, 0) is 11.3 Å². The van der Waals surface area contributed by atoms with Crippen molar-refractivity contribution in [1.29, 1.82) is 0 Å². The number of carbonyl (C=O) groups excluding carboxylic acids is 1. The summed E-state index contributed by atoms with van der Waals surface area (Å²) in [6, 6.07) is 1.82. The van der Waals surface area contributed by atoms with E-state index in [0.29, 0.717) is 25.4 Å². The maximum atomic E-state index is 12.0. The molecule has 0 aliphatic carbocycles. The van der Waals surface area contributed by atoms with Crippen LogP contribution in [0.5, 0.6) is 0 Å². The van der Waals surface area contributed by atoms with E-state index in [1.54, 1.807) is 6.20 Å². The quantitative estimate of drug-likeness (QED) is 0.807. The SMILES string of the molecule is Cc1nccc(CNC(=O)CCC(CCN)C(C)(C)C)n1.